The summed E-state index contributed by atoms with van der Waals surface area (Å²) < 4.78 is 5.48. The van der Waals surface area contributed by atoms with Crippen LogP contribution >= 0.6 is 0 Å². The number of likely N-dealkylation sites (N-methyl/N-ethyl adjacent to an activating group) is 1. The number of ether oxygens (including phenoxy) is 1. The van der Waals surface area contributed by atoms with Gasteiger partial charge in [0.05, 0.1) is 0 Å². The normalized spacial score (nSPS) is 33.5. The molecule has 0 aromatic carbocycles. The molecule has 86 valence electrons. The Morgan fingerprint density at radius 2 is 2.07 bits per heavy atom. The van der Waals surface area contributed by atoms with Crippen molar-refractivity contribution in [3.05, 3.63) is 0 Å². The van der Waals surface area contributed by atoms with Gasteiger partial charge in [-0.2, -0.15) is 0 Å². The van der Waals surface area contributed by atoms with Gasteiger partial charge in [-0.15, -0.1) is 0 Å². The molecular formula is C11H20N2O2. The Hall–Kier alpha value is -0.610. The summed E-state index contributed by atoms with van der Waals surface area (Å²) in [4.78, 5) is 13.8. The van der Waals surface area contributed by atoms with E-state index >= 15 is 0 Å². The van der Waals surface area contributed by atoms with Gasteiger partial charge < -0.3 is 10.5 Å². The smallest absolute Gasteiger partial charge is 0.323 e. The van der Waals surface area contributed by atoms with E-state index in [0.717, 1.165) is 25.8 Å². The Morgan fingerprint density at radius 1 is 1.40 bits per heavy atom. The van der Waals surface area contributed by atoms with E-state index in [9.17, 15) is 4.79 Å². The third kappa shape index (κ3) is 2.49. The highest BCUT2D eigenvalue weighted by atomic mass is 16.5. The summed E-state index contributed by atoms with van der Waals surface area (Å²) in [6.45, 7) is 0.796. The lowest BCUT2D eigenvalue weighted by atomic mass is 10.2. The molecule has 2 fully saturated rings. The highest BCUT2D eigenvalue weighted by Gasteiger charge is 2.35. The molecular weight excluding hydrogens is 192 g/mol. The van der Waals surface area contributed by atoms with Crippen LogP contribution in [0, 0.1) is 0 Å². The van der Waals surface area contributed by atoms with Crippen molar-refractivity contribution in [1.82, 2.24) is 4.90 Å². The molecule has 1 unspecified atom stereocenters. The van der Waals surface area contributed by atoms with E-state index < -0.39 is 0 Å². The van der Waals surface area contributed by atoms with Crippen molar-refractivity contribution in [3.8, 4) is 0 Å². The van der Waals surface area contributed by atoms with Crippen LogP contribution in [0.15, 0.2) is 0 Å². The second-order valence-corrected chi connectivity index (χ2v) is 4.79. The molecule has 2 atom stereocenters. The number of nitrogens with zero attached hydrogens (tertiary/aromatic N) is 1. The first-order valence-corrected chi connectivity index (χ1v) is 5.83. The quantitative estimate of drug-likeness (QED) is 0.677. The van der Waals surface area contributed by atoms with Gasteiger partial charge in [0, 0.05) is 12.6 Å². The first-order chi connectivity index (χ1) is 7.16. The van der Waals surface area contributed by atoms with Crippen molar-refractivity contribution in [1.29, 1.82) is 0 Å². The average Bonchev–Trinajstić information content (AvgIpc) is 2.75. The number of hydrogen-bond donors (Lipinski definition) is 1. The van der Waals surface area contributed by atoms with E-state index in [1.165, 1.54) is 12.8 Å². The predicted octanol–water partition coefficient (Wildman–Crippen LogP) is 0.504. The first kappa shape index (κ1) is 10.9. The lowest BCUT2D eigenvalue weighted by molar-refractivity contribution is -0.153. The van der Waals surface area contributed by atoms with Gasteiger partial charge in [0.25, 0.3) is 0 Å². The monoisotopic (exact) mass is 212 g/mol. The molecule has 0 amide bonds. The van der Waals surface area contributed by atoms with Gasteiger partial charge in [-0.1, -0.05) is 0 Å². The number of carbonyl (C=O) groups excluding carboxylic acids is 1. The highest BCUT2D eigenvalue weighted by molar-refractivity contribution is 5.76. The van der Waals surface area contributed by atoms with Crippen LogP contribution < -0.4 is 5.73 Å². The molecule has 1 heterocycles. The molecule has 1 saturated heterocycles. The molecule has 15 heavy (non-hydrogen) atoms. The zero-order valence-electron chi connectivity index (χ0n) is 9.32. The molecule has 0 bridgehead atoms. The average molecular weight is 212 g/mol. The highest BCUT2D eigenvalue weighted by Crippen LogP contribution is 2.23. The maximum Gasteiger partial charge on any atom is 0.323 e. The van der Waals surface area contributed by atoms with E-state index in [1.807, 2.05) is 11.9 Å². The second-order valence-electron chi connectivity index (χ2n) is 4.79. The molecule has 2 aliphatic rings. The summed E-state index contributed by atoms with van der Waals surface area (Å²) in [5.41, 5.74) is 5.81. The molecule has 4 heteroatoms. The molecule has 0 aromatic heterocycles. The zero-order valence-corrected chi connectivity index (χ0v) is 9.32. The second kappa shape index (κ2) is 4.49. The number of rotatable bonds is 2. The van der Waals surface area contributed by atoms with E-state index in [2.05, 4.69) is 0 Å². The van der Waals surface area contributed by atoms with Crippen molar-refractivity contribution < 1.29 is 9.53 Å². The van der Waals surface area contributed by atoms with Gasteiger partial charge in [0.15, 0.2) is 0 Å². The van der Waals surface area contributed by atoms with Crippen molar-refractivity contribution in [3.63, 3.8) is 0 Å². The Bertz CT molecular complexity index is 239. The molecule has 4 nitrogen and oxygen atoms in total. The third-order valence-electron chi connectivity index (χ3n) is 3.44. The van der Waals surface area contributed by atoms with Crippen LogP contribution in [0.25, 0.3) is 0 Å². The first-order valence-electron chi connectivity index (χ1n) is 5.83. The van der Waals surface area contributed by atoms with Gasteiger partial charge in [0.2, 0.25) is 0 Å². The minimum absolute atomic E-state index is 0.0719. The Morgan fingerprint density at radius 3 is 2.60 bits per heavy atom. The number of likely N-dealkylation sites (tertiary alicyclic amines) is 1. The van der Waals surface area contributed by atoms with Crippen molar-refractivity contribution in [2.75, 3.05) is 13.6 Å². The van der Waals surface area contributed by atoms with E-state index in [0.29, 0.717) is 0 Å². The summed E-state index contributed by atoms with van der Waals surface area (Å²) in [6.07, 6.45) is 5.36. The van der Waals surface area contributed by atoms with Crippen LogP contribution in [-0.2, 0) is 9.53 Å². The zero-order chi connectivity index (χ0) is 10.8. The number of nitrogens with two attached hydrogens (primary N) is 1. The topological polar surface area (TPSA) is 55.6 Å². The van der Waals surface area contributed by atoms with Gasteiger partial charge in [-0.25, -0.2) is 0 Å². The SMILES string of the molecule is CN1C[C@@H](N)CC1C(=O)OC1CCCC1. The summed E-state index contributed by atoms with van der Waals surface area (Å²) in [5, 5.41) is 0. The summed E-state index contributed by atoms with van der Waals surface area (Å²) in [6, 6.07) is 0.0109. The minimum Gasteiger partial charge on any atom is -0.461 e. The number of esters is 1. The largest absolute Gasteiger partial charge is 0.461 e. The molecule has 1 aliphatic heterocycles. The third-order valence-corrected chi connectivity index (χ3v) is 3.44. The fraction of sp³-hybridized carbons (Fsp3) is 0.909. The van der Waals surface area contributed by atoms with Gasteiger partial charge in [0.1, 0.15) is 12.1 Å². The number of carbonyl (C=O) groups is 1. The van der Waals surface area contributed by atoms with Crippen molar-refractivity contribution >= 4 is 5.97 Å². The summed E-state index contributed by atoms with van der Waals surface area (Å²) in [5.74, 6) is -0.0719. The Labute approximate surface area is 90.8 Å². The summed E-state index contributed by atoms with van der Waals surface area (Å²) >= 11 is 0. The molecule has 1 aliphatic carbocycles. The fourth-order valence-corrected chi connectivity index (χ4v) is 2.56. The number of hydrogen-bond acceptors (Lipinski definition) is 4. The Kier molecular flexibility index (Phi) is 3.26. The predicted molar refractivity (Wildman–Crippen MR) is 57.4 cm³/mol. The van der Waals surface area contributed by atoms with Crippen LogP contribution in [0.2, 0.25) is 0 Å². The van der Waals surface area contributed by atoms with Gasteiger partial charge >= 0.3 is 5.97 Å². The van der Waals surface area contributed by atoms with Crippen LogP contribution in [0.5, 0.6) is 0 Å². The van der Waals surface area contributed by atoms with Gasteiger partial charge in [-0.05, 0) is 39.2 Å². The van der Waals surface area contributed by atoms with Crippen LogP contribution in [0.1, 0.15) is 32.1 Å². The van der Waals surface area contributed by atoms with E-state index in [1.54, 1.807) is 0 Å². The lowest BCUT2D eigenvalue weighted by Gasteiger charge is -2.20. The standard InChI is InChI=1S/C11H20N2O2/c1-13-7-8(12)6-10(13)11(14)15-9-4-2-3-5-9/h8-10H,2-7,12H2,1H3/t8-,10?/m0/s1. The van der Waals surface area contributed by atoms with Crippen LogP contribution in [0.4, 0.5) is 0 Å². The van der Waals surface area contributed by atoms with E-state index in [4.69, 9.17) is 10.5 Å². The minimum atomic E-state index is -0.111. The molecule has 0 radical (unpaired) electrons. The molecule has 2 rings (SSSR count). The fourth-order valence-electron chi connectivity index (χ4n) is 2.56. The van der Waals surface area contributed by atoms with Crippen LogP contribution in [-0.4, -0.2) is 42.6 Å². The molecule has 0 spiro atoms. The molecule has 0 aromatic rings. The van der Waals surface area contributed by atoms with Crippen LogP contribution in [0.3, 0.4) is 0 Å². The maximum atomic E-state index is 11.8. The van der Waals surface area contributed by atoms with Gasteiger partial charge in [-0.3, -0.25) is 9.69 Å². The lowest BCUT2D eigenvalue weighted by Crippen LogP contribution is -2.36. The maximum absolute atomic E-state index is 11.8. The Balaban J connectivity index is 1.84. The van der Waals surface area contributed by atoms with Crippen molar-refractivity contribution in [2.24, 2.45) is 5.73 Å². The van der Waals surface area contributed by atoms with E-state index in [-0.39, 0.29) is 24.2 Å². The van der Waals surface area contributed by atoms with Crippen molar-refractivity contribution in [2.45, 2.75) is 50.3 Å². The molecule has 1 saturated carbocycles. The molecule has 2 N–H and O–H groups in total. The summed E-state index contributed by atoms with van der Waals surface area (Å²) in [7, 11) is 1.94.